The zero-order valence-corrected chi connectivity index (χ0v) is 12.7. The molecule has 1 aromatic rings. The van der Waals surface area contributed by atoms with Gasteiger partial charge in [0.25, 0.3) is 0 Å². The van der Waals surface area contributed by atoms with E-state index < -0.39 is 17.5 Å². The highest BCUT2D eigenvalue weighted by molar-refractivity contribution is 9.10. The maximum Gasteiger partial charge on any atom is 0.441 e. The van der Waals surface area contributed by atoms with Crippen molar-refractivity contribution in [3.8, 4) is 0 Å². The SMILES string of the molecule is O=C(NCCSC(F)(F)F)Nc1ccc(Br)cc1C(=O)O. The summed E-state index contributed by atoms with van der Waals surface area (Å²) in [5, 5.41) is 13.5. The topological polar surface area (TPSA) is 78.4 Å². The van der Waals surface area contributed by atoms with Crippen molar-refractivity contribution in [1.29, 1.82) is 0 Å². The van der Waals surface area contributed by atoms with Crippen LogP contribution in [-0.2, 0) is 0 Å². The fourth-order valence-corrected chi connectivity index (χ4v) is 2.10. The van der Waals surface area contributed by atoms with Crippen LogP contribution in [0.15, 0.2) is 22.7 Å². The summed E-state index contributed by atoms with van der Waals surface area (Å²) in [6, 6.07) is 3.43. The molecule has 10 heteroatoms. The Morgan fingerprint density at radius 1 is 1.33 bits per heavy atom. The van der Waals surface area contributed by atoms with Crippen molar-refractivity contribution in [2.75, 3.05) is 17.6 Å². The van der Waals surface area contributed by atoms with Gasteiger partial charge in [-0.1, -0.05) is 15.9 Å². The molecule has 21 heavy (non-hydrogen) atoms. The van der Waals surface area contributed by atoms with Crippen molar-refractivity contribution in [1.82, 2.24) is 5.32 Å². The average molecular weight is 387 g/mol. The van der Waals surface area contributed by atoms with Gasteiger partial charge < -0.3 is 15.7 Å². The van der Waals surface area contributed by atoms with Crippen LogP contribution in [0.25, 0.3) is 0 Å². The zero-order valence-electron chi connectivity index (χ0n) is 10.3. The van der Waals surface area contributed by atoms with Gasteiger partial charge in [-0.25, -0.2) is 9.59 Å². The molecule has 0 saturated heterocycles. The molecule has 0 saturated carbocycles. The maximum atomic E-state index is 11.9. The fourth-order valence-electron chi connectivity index (χ4n) is 1.30. The summed E-state index contributed by atoms with van der Waals surface area (Å²) in [6.07, 6.45) is 0. The maximum absolute atomic E-state index is 11.9. The molecule has 0 spiro atoms. The second-order valence-corrected chi connectivity index (χ2v) is 5.75. The molecule has 0 aliphatic carbocycles. The van der Waals surface area contributed by atoms with Gasteiger partial charge >= 0.3 is 17.5 Å². The third-order valence-corrected chi connectivity index (χ3v) is 3.34. The van der Waals surface area contributed by atoms with Crippen LogP contribution in [0.4, 0.5) is 23.7 Å². The molecule has 5 nitrogen and oxygen atoms in total. The third-order valence-electron chi connectivity index (χ3n) is 2.11. The summed E-state index contributed by atoms with van der Waals surface area (Å²) in [5.41, 5.74) is -4.43. The Morgan fingerprint density at radius 2 is 2.00 bits per heavy atom. The van der Waals surface area contributed by atoms with Gasteiger partial charge in [-0.15, -0.1) is 0 Å². The van der Waals surface area contributed by atoms with Crippen molar-refractivity contribution in [2.45, 2.75) is 5.51 Å². The van der Waals surface area contributed by atoms with E-state index in [1.54, 1.807) is 0 Å². The largest absolute Gasteiger partial charge is 0.478 e. The van der Waals surface area contributed by atoms with Gasteiger partial charge in [0, 0.05) is 16.8 Å². The lowest BCUT2D eigenvalue weighted by Gasteiger charge is -2.10. The number of alkyl halides is 3. The molecule has 116 valence electrons. The minimum Gasteiger partial charge on any atom is -0.478 e. The first-order valence-corrected chi connectivity index (χ1v) is 7.25. The van der Waals surface area contributed by atoms with Crippen LogP contribution in [-0.4, -0.2) is 34.9 Å². The van der Waals surface area contributed by atoms with Gasteiger partial charge in [0.05, 0.1) is 11.3 Å². The molecule has 3 N–H and O–H groups in total. The van der Waals surface area contributed by atoms with E-state index >= 15 is 0 Å². The van der Waals surface area contributed by atoms with E-state index in [1.165, 1.54) is 18.2 Å². The van der Waals surface area contributed by atoms with Gasteiger partial charge in [-0.05, 0) is 30.0 Å². The highest BCUT2D eigenvalue weighted by Crippen LogP contribution is 2.29. The van der Waals surface area contributed by atoms with E-state index in [0.29, 0.717) is 4.47 Å². The smallest absolute Gasteiger partial charge is 0.441 e. The number of nitrogens with one attached hydrogen (secondary N) is 2. The Hall–Kier alpha value is -1.42. The van der Waals surface area contributed by atoms with Gasteiger partial charge in [-0.2, -0.15) is 13.2 Å². The molecule has 0 radical (unpaired) electrons. The Bertz CT molecular complexity index is 540. The number of rotatable bonds is 5. The van der Waals surface area contributed by atoms with Crippen LogP contribution in [0.2, 0.25) is 0 Å². The number of hydrogen-bond donors (Lipinski definition) is 3. The summed E-state index contributed by atoms with van der Waals surface area (Å²) < 4.78 is 36.1. The molecule has 1 aromatic carbocycles. The number of carboxylic acids is 1. The van der Waals surface area contributed by atoms with E-state index in [4.69, 9.17) is 5.11 Å². The highest BCUT2D eigenvalue weighted by atomic mass is 79.9. The normalized spacial score (nSPS) is 11.0. The highest BCUT2D eigenvalue weighted by Gasteiger charge is 2.27. The number of anilines is 1. The van der Waals surface area contributed by atoms with Crippen molar-refractivity contribution in [2.24, 2.45) is 0 Å². The molecule has 0 aromatic heterocycles. The molecule has 0 aliphatic heterocycles. The van der Waals surface area contributed by atoms with Crippen molar-refractivity contribution in [3.63, 3.8) is 0 Å². The van der Waals surface area contributed by atoms with Gasteiger partial charge in [0.1, 0.15) is 0 Å². The number of benzene rings is 1. The van der Waals surface area contributed by atoms with Crippen LogP contribution in [0.1, 0.15) is 10.4 Å². The first kappa shape index (κ1) is 17.6. The molecule has 0 unspecified atom stereocenters. The summed E-state index contributed by atoms with van der Waals surface area (Å²) in [7, 11) is 0. The van der Waals surface area contributed by atoms with Crippen molar-refractivity contribution < 1.29 is 27.9 Å². The predicted molar refractivity (Wildman–Crippen MR) is 76.6 cm³/mol. The Kier molecular flexibility index (Phi) is 6.34. The number of carbonyl (C=O) groups excluding carboxylic acids is 1. The molecule has 2 amide bonds. The summed E-state index contributed by atoms with van der Waals surface area (Å²) in [6.45, 7) is -0.199. The second-order valence-electron chi connectivity index (χ2n) is 3.67. The number of aromatic carboxylic acids is 1. The lowest BCUT2D eigenvalue weighted by molar-refractivity contribution is -0.0327. The first-order valence-electron chi connectivity index (χ1n) is 5.47. The number of urea groups is 1. The molecule has 0 heterocycles. The quantitative estimate of drug-likeness (QED) is 0.676. The lowest BCUT2D eigenvalue weighted by atomic mass is 10.2. The summed E-state index contributed by atoms with van der Waals surface area (Å²) in [4.78, 5) is 22.5. The zero-order chi connectivity index (χ0) is 16.0. The monoisotopic (exact) mass is 386 g/mol. The van der Waals surface area contributed by atoms with E-state index in [1.807, 2.05) is 0 Å². The van der Waals surface area contributed by atoms with E-state index in [2.05, 4.69) is 26.6 Å². The lowest BCUT2D eigenvalue weighted by Crippen LogP contribution is -2.31. The van der Waals surface area contributed by atoms with Crippen LogP contribution in [0.3, 0.4) is 0 Å². The number of hydrogen-bond acceptors (Lipinski definition) is 3. The standard InChI is InChI=1S/C11H10BrF3N2O3S/c12-6-1-2-8(7(5-6)9(18)19)17-10(20)16-3-4-21-11(13,14)15/h1-2,5H,3-4H2,(H,18,19)(H2,16,17,20). The van der Waals surface area contributed by atoms with Gasteiger partial charge in [0.15, 0.2) is 0 Å². The first-order chi connectivity index (χ1) is 9.69. The molecule has 1 rings (SSSR count). The number of halogens is 4. The Morgan fingerprint density at radius 3 is 2.57 bits per heavy atom. The molecule has 0 fully saturated rings. The van der Waals surface area contributed by atoms with E-state index in [-0.39, 0.29) is 35.3 Å². The van der Waals surface area contributed by atoms with Crippen LogP contribution in [0, 0.1) is 0 Å². The number of carbonyl (C=O) groups is 2. The van der Waals surface area contributed by atoms with Gasteiger partial charge in [0.2, 0.25) is 0 Å². The minimum atomic E-state index is -4.35. The van der Waals surface area contributed by atoms with Crippen molar-refractivity contribution in [3.05, 3.63) is 28.2 Å². The number of amides is 2. The Balaban J connectivity index is 2.54. The van der Waals surface area contributed by atoms with Crippen molar-refractivity contribution >= 4 is 45.4 Å². The summed E-state index contributed by atoms with van der Waals surface area (Å²) in [5.74, 6) is -1.57. The molecule has 0 atom stereocenters. The van der Waals surface area contributed by atoms with Crippen LogP contribution < -0.4 is 10.6 Å². The third kappa shape index (κ3) is 6.71. The Labute approximate surface area is 130 Å². The fraction of sp³-hybridized carbons (Fsp3) is 0.273. The van der Waals surface area contributed by atoms with E-state index in [9.17, 15) is 22.8 Å². The average Bonchev–Trinajstić information content (AvgIpc) is 2.35. The van der Waals surface area contributed by atoms with Gasteiger partial charge in [-0.3, -0.25) is 0 Å². The van der Waals surface area contributed by atoms with Crippen LogP contribution >= 0.6 is 27.7 Å². The van der Waals surface area contributed by atoms with Crippen LogP contribution in [0.5, 0.6) is 0 Å². The molecular formula is C11H10BrF3N2O3S. The number of carboxylic acid groups (broad SMARTS) is 1. The minimum absolute atomic E-state index is 0.0478. The predicted octanol–water partition coefficient (Wildman–Crippen LogP) is 3.52. The second kappa shape index (κ2) is 7.55. The molecule has 0 bridgehead atoms. The molecular weight excluding hydrogens is 377 g/mol. The van der Waals surface area contributed by atoms with E-state index in [0.717, 1.165) is 0 Å². The molecule has 0 aliphatic rings. The number of thioether (sulfide) groups is 1. The summed E-state index contributed by atoms with van der Waals surface area (Å²) >= 11 is 2.85.